The van der Waals surface area contributed by atoms with Crippen molar-refractivity contribution in [2.24, 2.45) is 0 Å². The van der Waals surface area contributed by atoms with E-state index in [1.54, 1.807) is 6.08 Å². The number of carbonyl (C=O) groups excluding carboxylic acids is 3. The summed E-state index contributed by atoms with van der Waals surface area (Å²) in [6.45, 7) is 6.35. The third kappa shape index (κ3) is 64.5. The van der Waals surface area contributed by atoms with Gasteiger partial charge in [-0.2, -0.15) is 0 Å². The van der Waals surface area contributed by atoms with Crippen molar-refractivity contribution in [3.63, 3.8) is 0 Å². The average Bonchev–Trinajstić information content (AvgIpc) is 3.45. The van der Waals surface area contributed by atoms with Gasteiger partial charge in [-0.15, -0.1) is 0 Å². The molecular formula is C73H122O6. The number of unbranched alkanes of at least 4 members (excludes halogenated alkanes) is 29. The van der Waals surface area contributed by atoms with E-state index in [0.717, 1.165) is 96.3 Å². The first-order valence-electron chi connectivity index (χ1n) is 33.0. The normalized spacial score (nSPS) is 12.9. The SMILES string of the molecule is CC/C=C\C/C=C\C/C=C\C/C=C\C/C=C\CC(=O)OCC(COC(=O)CCCCCCCCCCCC/C=C\C/C=C\C/C=C\C/C=C\CC)OC(=O)CCCCCCCCCCCCC/C=C\CCCCCCCCCC. The highest BCUT2D eigenvalue weighted by Gasteiger charge is 2.19. The number of ether oxygens (including phenoxy) is 3. The largest absolute Gasteiger partial charge is 0.462 e. The lowest BCUT2D eigenvalue weighted by Gasteiger charge is -2.18. The Balaban J connectivity index is 4.42. The van der Waals surface area contributed by atoms with Gasteiger partial charge >= 0.3 is 17.9 Å². The minimum atomic E-state index is -0.825. The number of hydrogen-bond donors (Lipinski definition) is 0. The molecule has 0 heterocycles. The van der Waals surface area contributed by atoms with Crippen LogP contribution in [0.3, 0.4) is 0 Å². The summed E-state index contributed by atoms with van der Waals surface area (Å²) in [6.07, 6.45) is 92.4. The first-order valence-corrected chi connectivity index (χ1v) is 33.0. The Kier molecular flexibility index (Phi) is 62.8. The van der Waals surface area contributed by atoms with Crippen molar-refractivity contribution >= 4 is 17.9 Å². The van der Waals surface area contributed by atoms with Gasteiger partial charge in [-0.05, 0) is 109 Å². The average molecular weight is 1100 g/mol. The van der Waals surface area contributed by atoms with Crippen molar-refractivity contribution in [1.29, 1.82) is 0 Å². The molecule has 0 bridgehead atoms. The Bertz CT molecular complexity index is 1640. The number of rotatable bonds is 59. The van der Waals surface area contributed by atoms with Crippen LogP contribution in [0, 0.1) is 0 Å². The van der Waals surface area contributed by atoms with E-state index in [1.807, 2.05) is 6.08 Å². The fourth-order valence-electron chi connectivity index (χ4n) is 9.09. The summed E-state index contributed by atoms with van der Waals surface area (Å²) in [4.78, 5) is 38.3. The predicted octanol–water partition coefficient (Wildman–Crippen LogP) is 22.8. The zero-order valence-corrected chi connectivity index (χ0v) is 51.6. The molecule has 0 saturated carbocycles. The van der Waals surface area contributed by atoms with E-state index in [4.69, 9.17) is 14.2 Å². The molecule has 0 aliphatic heterocycles. The van der Waals surface area contributed by atoms with Crippen molar-refractivity contribution in [3.8, 4) is 0 Å². The summed E-state index contributed by atoms with van der Waals surface area (Å²) < 4.78 is 16.8. The molecule has 0 rings (SSSR count). The van der Waals surface area contributed by atoms with Crippen LogP contribution >= 0.6 is 0 Å². The highest BCUT2D eigenvalue weighted by atomic mass is 16.6. The van der Waals surface area contributed by atoms with Crippen LogP contribution in [0.5, 0.6) is 0 Å². The zero-order chi connectivity index (χ0) is 57.1. The summed E-state index contributed by atoms with van der Waals surface area (Å²) in [5.41, 5.74) is 0. The van der Waals surface area contributed by atoms with Gasteiger partial charge in [-0.25, -0.2) is 0 Å². The van der Waals surface area contributed by atoms with Crippen LogP contribution in [0.2, 0.25) is 0 Å². The van der Waals surface area contributed by atoms with Gasteiger partial charge < -0.3 is 14.2 Å². The van der Waals surface area contributed by atoms with Crippen LogP contribution in [-0.4, -0.2) is 37.2 Å². The molecule has 0 saturated heterocycles. The van der Waals surface area contributed by atoms with Crippen LogP contribution in [0.15, 0.2) is 122 Å². The second-order valence-corrected chi connectivity index (χ2v) is 21.6. The van der Waals surface area contributed by atoms with Gasteiger partial charge in [0.15, 0.2) is 6.10 Å². The van der Waals surface area contributed by atoms with Gasteiger partial charge in [-0.1, -0.05) is 296 Å². The van der Waals surface area contributed by atoms with E-state index in [1.165, 1.54) is 167 Å². The second kappa shape index (κ2) is 66.3. The summed E-state index contributed by atoms with van der Waals surface area (Å²) in [5, 5.41) is 0. The van der Waals surface area contributed by atoms with Crippen LogP contribution in [0.4, 0.5) is 0 Å². The van der Waals surface area contributed by atoms with Crippen LogP contribution in [0.25, 0.3) is 0 Å². The minimum Gasteiger partial charge on any atom is -0.462 e. The maximum atomic E-state index is 12.9. The summed E-state index contributed by atoms with van der Waals surface area (Å²) >= 11 is 0. The maximum Gasteiger partial charge on any atom is 0.309 e. The lowest BCUT2D eigenvalue weighted by molar-refractivity contribution is -0.166. The predicted molar refractivity (Wildman–Crippen MR) is 343 cm³/mol. The van der Waals surface area contributed by atoms with Gasteiger partial charge in [0.25, 0.3) is 0 Å². The fourth-order valence-corrected chi connectivity index (χ4v) is 9.09. The molecule has 1 atom stereocenters. The van der Waals surface area contributed by atoms with Crippen molar-refractivity contribution in [3.05, 3.63) is 122 Å². The molecule has 0 aliphatic rings. The quantitative estimate of drug-likeness (QED) is 0.0261. The zero-order valence-electron chi connectivity index (χ0n) is 51.6. The highest BCUT2D eigenvalue weighted by Crippen LogP contribution is 2.16. The summed E-state index contributed by atoms with van der Waals surface area (Å²) in [7, 11) is 0. The van der Waals surface area contributed by atoms with Gasteiger partial charge in [0.05, 0.1) is 6.42 Å². The molecule has 0 radical (unpaired) electrons. The molecule has 6 heteroatoms. The second-order valence-electron chi connectivity index (χ2n) is 21.6. The summed E-state index contributed by atoms with van der Waals surface area (Å²) in [5.74, 6) is -1.04. The van der Waals surface area contributed by atoms with E-state index in [-0.39, 0.29) is 31.6 Å². The molecular weight excluding hydrogens is 973 g/mol. The molecule has 6 nitrogen and oxygen atoms in total. The number of allylic oxidation sites excluding steroid dienone is 19. The molecule has 0 fully saturated rings. The van der Waals surface area contributed by atoms with Crippen molar-refractivity contribution in [1.82, 2.24) is 0 Å². The van der Waals surface area contributed by atoms with Gasteiger partial charge in [0.2, 0.25) is 0 Å². The minimum absolute atomic E-state index is 0.112. The third-order valence-electron chi connectivity index (χ3n) is 14.0. The first-order chi connectivity index (χ1) is 39.0. The van der Waals surface area contributed by atoms with E-state index in [2.05, 4.69) is 130 Å². The summed E-state index contributed by atoms with van der Waals surface area (Å²) in [6, 6.07) is 0. The topological polar surface area (TPSA) is 78.9 Å². The molecule has 0 aromatic rings. The van der Waals surface area contributed by atoms with Crippen molar-refractivity contribution in [2.75, 3.05) is 13.2 Å². The first kappa shape index (κ1) is 74.8. The Morgan fingerprint density at radius 1 is 0.278 bits per heavy atom. The van der Waals surface area contributed by atoms with E-state index < -0.39 is 12.1 Å². The molecule has 1 unspecified atom stereocenters. The van der Waals surface area contributed by atoms with Crippen LogP contribution in [0.1, 0.15) is 303 Å². The standard InChI is InChI=1S/C73H122O6/c1-4-7-10-13-16-19-22-25-28-30-32-34-36-38-40-42-45-48-51-54-57-60-63-66-72(75)78-69-70(68-77-71(74)65-62-59-56-53-50-47-44-27-24-21-18-15-12-9-6-3)79-73(76)67-64-61-58-55-52-49-46-43-41-39-37-35-33-31-29-26-23-20-17-14-11-8-5-2/h7,9-10,12,16,18-19,21,25,27-28,31-34,44,50,53,59,62,70H,4-6,8,11,13-15,17,20,22-24,26,29-30,35-43,45-49,51-52,54-58,60-61,63-69H2,1-3H3/b10-7-,12-9-,19-16-,21-18-,28-25-,33-31-,34-32-,44-27-,53-50-,62-59-. The van der Waals surface area contributed by atoms with Gasteiger partial charge in [0, 0.05) is 12.8 Å². The van der Waals surface area contributed by atoms with Gasteiger partial charge in [-0.3, -0.25) is 14.4 Å². The van der Waals surface area contributed by atoms with E-state index in [0.29, 0.717) is 12.8 Å². The van der Waals surface area contributed by atoms with Crippen LogP contribution < -0.4 is 0 Å². The Morgan fingerprint density at radius 3 is 0.899 bits per heavy atom. The fraction of sp³-hybridized carbons (Fsp3) is 0.685. The molecule has 450 valence electrons. The monoisotopic (exact) mass is 1090 g/mol. The molecule has 0 aromatic heterocycles. The smallest absolute Gasteiger partial charge is 0.309 e. The van der Waals surface area contributed by atoms with Crippen LogP contribution in [-0.2, 0) is 28.6 Å². The van der Waals surface area contributed by atoms with Crippen molar-refractivity contribution in [2.45, 2.75) is 309 Å². The number of carbonyl (C=O) groups is 3. The number of hydrogen-bond acceptors (Lipinski definition) is 6. The Labute approximate surface area is 488 Å². The molecule has 0 aliphatic carbocycles. The maximum absolute atomic E-state index is 12.9. The number of esters is 3. The lowest BCUT2D eigenvalue weighted by atomic mass is 10.0. The Morgan fingerprint density at radius 2 is 0.544 bits per heavy atom. The van der Waals surface area contributed by atoms with E-state index >= 15 is 0 Å². The van der Waals surface area contributed by atoms with Gasteiger partial charge in [0.1, 0.15) is 13.2 Å². The molecule has 0 spiro atoms. The third-order valence-corrected chi connectivity index (χ3v) is 14.0. The highest BCUT2D eigenvalue weighted by molar-refractivity contribution is 5.72. The molecule has 0 aromatic carbocycles. The van der Waals surface area contributed by atoms with E-state index in [9.17, 15) is 14.4 Å². The molecule has 0 N–H and O–H groups in total. The Hall–Kier alpha value is -4.19. The lowest BCUT2D eigenvalue weighted by Crippen LogP contribution is -2.30. The van der Waals surface area contributed by atoms with Crippen molar-refractivity contribution < 1.29 is 28.6 Å². The molecule has 0 amide bonds. The molecule has 79 heavy (non-hydrogen) atoms.